The van der Waals surface area contributed by atoms with E-state index in [0.717, 1.165) is 0 Å². The van der Waals surface area contributed by atoms with E-state index in [2.05, 4.69) is 9.47 Å². The van der Waals surface area contributed by atoms with Crippen molar-refractivity contribution in [3.63, 3.8) is 0 Å². The summed E-state index contributed by atoms with van der Waals surface area (Å²) in [6.45, 7) is -0.660. The molecule has 0 aromatic carbocycles. The van der Waals surface area contributed by atoms with Gasteiger partial charge in [0.05, 0.1) is 0 Å². The summed E-state index contributed by atoms with van der Waals surface area (Å²) >= 11 is 0. The molecular formula is C6H10F4O2. The average molecular weight is 190 g/mol. The van der Waals surface area contributed by atoms with E-state index in [9.17, 15) is 17.6 Å². The maximum atomic E-state index is 12.3. The molecule has 0 spiro atoms. The van der Waals surface area contributed by atoms with Crippen LogP contribution in [0.5, 0.6) is 0 Å². The van der Waals surface area contributed by atoms with Gasteiger partial charge in [-0.05, 0) is 6.92 Å². The normalized spacial score (nSPS) is 12.5. The molecule has 0 saturated carbocycles. The number of hydrogen-bond acceptors (Lipinski definition) is 2. The Kier molecular flexibility index (Phi) is 5.16. The Morgan fingerprint density at radius 1 is 1.33 bits per heavy atom. The van der Waals surface area contributed by atoms with Gasteiger partial charge in [-0.3, -0.25) is 0 Å². The third-order valence-electron chi connectivity index (χ3n) is 0.895. The summed E-state index contributed by atoms with van der Waals surface area (Å²) in [6, 6.07) is 0. The van der Waals surface area contributed by atoms with Gasteiger partial charge in [0.1, 0.15) is 13.2 Å². The molecule has 0 atom stereocenters. The molecule has 0 saturated heterocycles. The second-order valence-electron chi connectivity index (χ2n) is 1.98. The average Bonchev–Trinajstić information content (AvgIpc) is 1.98. The lowest BCUT2D eigenvalue weighted by Gasteiger charge is -2.15. The van der Waals surface area contributed by atoms with Gasteiger partial charge in [0.15, 0.2) is 0 Å². The third-order valence-corrected chi connectivity index (χ3v) is 0.895. The lowest BCUT2D eigenvalue weighted by molar-refractivity contribution is -0.274. The van der Waals surface area contributed by atoms with Crippen molar-refractivity contribution in [1.82, 2.24) is 0 Å². The van der Waals surface area contributed by atoms with Crippen molar-refractivity contribution < 1.29 is 27.0 Å². The predicted molar refractivity (Wildman–Crippen MR) is 33.4 cm³/mol. The van der Waals surface area contributed by atoms with Crippen molar-refractivity contribution in [2.24, 2.45) is 0 Å². The van der Waals surface area contributed by atoms with Crippen LogP contribution in [0.25, 0.3) is 0 Å². The fourth-order valence-electron chi connectivity index (χ4n) is 0.447. The molecule has 0 bridgehead atoms. The van der Waals surface area contributed by atoms with Gasteiger partial charge in [0.25, 0.3) is 6.43 Å². The Balaban J connectivity index is 3.56. The van der Waals surface area contributed by atoms with Gasteiger partial charge >= 0.3 is 6.11 Å². The van der Waals surface area contributed by atoms with E-state index in [-0.39, 0.29) is 6.61 Å². The highest BCUT2D eigenvalue weighted by Crippen LogP contribution is 2.16. The van der Waals surface area contributed by atoms with E-state index < -0.39 is 25.7 Å². The summed E-state index contributed by atoms with van der Waals surface area (Å²) in [5.41, 5.74) is 0. The number of rotatable bonds is 6. The molecule has 0 aromatic rings. The van der Waals surface area contributed by atoms with Crippen LogP contribution >= 0.6 is 0 Å². The lowest BCUT2D eigenvalue weighted by Crippen LogP contribution is -2.29. The highest BCUT2D eigenvalue weighted by Gasteiger charge is 2.31. The minimum Gasteiger partial charge on any atom is -0.373 e. The monoisotopic (exact) mass is 190 g/mol. The zero-order valence-electron chi connectivity index (χ0n) is 6.53. The van der Waals surface area contributed by atoms with Gasteiger partial charge in [0.2, 0.25) is 0 Å². The van der Waals surface area contributed by atoms with Crippen LogP contribution in [0.1, 0.15) is 6.92 Å². The van der Waals surface area contributed by atoms with Gasteiger partial charge in [0, 0.05) is 6.61 Å². The zero-order valence-corrected chi connectivity index (χ0v) is 6.53. The van der Waals surface area contributed by atoms with Crippen LogP contribution in [-0.2, 0) is 9.47 Å². The maximum absolute atomic E-state index is 12.3. The molecular weight excluding hydrogens is 180 g/mol. The molecule has 0 aliphatic rings. The molecule has 74 valence electrons. The van der Waals surface area contributed by atoms with Crippen molar-refractivity contribution in [2.45, 2.75) is 19.5 Å². The smallest absolute Gasteiger partial charge is 0.373 e. The van der Waals surface area contributed by atoms with E-state index in [4.69, 9.17) is 0 Å². The van der Waals surface area contributed by atoms with E-state index in [1.807, 2.05) is 0 Å². The number of ether oxygens (including phenoxy) is 2. The zero-order chi connectivity index (χ0) is 9.61. The second-order valence-corrected chi connectivity index (χ2v) is 1.98. The van der Waals surface area contributed by atoms with Crippen molar-refractivity contribution in [2.75, 3.05) is 19.8 Å². The van der Waals surface area contributed by atoms with Crippen LogP contribution < -0.4 is 0 Å². The summed E-state index contributed by atoms with van der Waals surface area (Å²) in [7, 11) is 0. The number of halogens is 4. The largest absolute Gasteiger partial charge is 0.379 e. The minimum atomic E-state index is -3.62. The summed E-state index contributed by atoms with van der Waals surface area (Å²) in [4.78, 5) is 0. The maximum Gasteiger partial charge on any atom is 0.379 e. The van der Waals surface area contributed by atoms with Gasteiger partial charge in [-0.1, -0.05) is 0 Å². The second kappa shape index (κ2) is 5.31. The highest BCUT2D eigenvalue weighted by atomic mass is 19.3. The Bertz CT molecular complexity index is 118. The molecule has 0 N–H and O–H groups in total. The minimum absolute atomic E-state index is 0.0909. The fourth-order valence-corrected chi connectivity index (χ4v) is 0.447. The van der Waals surface area contributed by atoms with E-state index in [0.29, 0.717) is 0 Å². The summed E-state index contributed by atoms with van der Waals surface area (Å²) in [5.74, 6) is 0. The fraction of sp³-hybridized carbons (Fsp3) is 1.00. The Morgan fingerprint density at radius 3 is 2.33 bits per heavy atom. The molecule has 0 heterocycles. The first-order valence-corrected chi connectivity index (χ1v) is 3.35. The standard InChI is InChI=1S/C6H10F4O2/c1-2-11-4-6(9,10)12-3-5(7)8/h5H,2-4H2,1H3. The SMILES string of the molecule is CCOCC(F)(F)OCC(F)F. The molecule has 0 aromatic heterocycles. The van der Waals surface area contributed by atoms with Gasteiger partial charge in [-0.15, -0.1) is 0 Å². The predicted octanol–water partition coefficient (Wildman–Crippen LogP) is 1.90. The number of hydrogen-bond donors (Lipinski definition) is 0. The molecule has 0 aliphatic heterocycles. The van der Waals surface area contributed by atoms with Gasteiger partial charge in [-0.25, -0.2) is 8.78 Å². The van der Waals surface area contributed by atoms with Gasteiger partial charge < -0.3 is 9.47 Å². The molecule has 0 rings (SSSR count). The summed E-state index contributed by atoms with van der Waals surface area (Å²) in [5, 5.41) is 0. The van der Waals surface area contributed by atoms with Crippen molar-refractivity contribution in [3.05, 3.63) is 0 Å². The van der Waals surface area contributed by atoms with Crippen LogP contribution in [0.15, 0.2) is 0 Å². The van der Waals surface area contributed by atoms with Crippen LogP contribution in [0.4, 0.5) is 17.6 Å². The molecule has 0 fully saturated rings. The first kappa shape index (κ1) is 11.6. The van der Waals surface area contributed by atoms with Crippen LogP contribution in [-0.4, -0.2) is 32.4 Å². The Morgan fingerprint density at radius 2 is 1.92 bits per heavy atom. The molecule has 0 aliphatic carbocycles. The van der Waals surface area contributed by atoms with Crippen LogP contribution in [0.2, 0.25) is 0 Å². The molecule has 0 unspecified atom stereocenters. The number of alkyl halides is 4. The quantitative estimate of drug-likeness (QED) is 0.595. The van der Waals surface area contributed by atoms with Crippen molar-refractivity contribution in [1.29, 1.82) is 0 Å². The first-order chi connectivity index (χ1) is 5.48. The molecule has 2 nitrogen and oxygen atoms in total. The lowest BCUT2D eigenvalue weighted by atomic mass is 10.6. The van der Waals surface area contributed by atoms with Crippen LogP contribution in [0.3, 0.4) is 0 Å². The first-order valence-electron chi connectivity index (χ1n) is 3.35. The van der Waals surface area contributed by atoms with E-state index >= 15 is 0 Å². The van der Waals surface area contributed by atoms with E-state index in [1.165, 1.54) is 6.92 Å². The van der Waals surface area contributed by atoms with E-state index in [1.54, 1.807) is 0 Å². The molecule has 0 radical (unpaired) electrons. The van der Waals surface area contributed by atoms with Crippen molar-refractivity contribution in [3.8, 4) is 0 Å². The van der Waals surface area contributed by atoms with Crippen molar-refractivity contribution >= 4 is 0 Å². The Labute approximate surface area is 67.5 Å². The summed E-state index contributed by atoms with van der Waals surface area (Å²) in [6.07, 6.45) is -6.51. The van der Waals surface area contributed by atoms with Crippen LogP contribution in [0, 0.1) is 0 Å². The molecule has 0 amide bonds. The Hall–Kier alpha value is -0.360. The third kappa shape index (κ3) is 6.36. The topological polar surface area (TPSA) is 18.5 Å². The highest BCUT2D eigenvalue weighted by molar-refractivity contribution is 4.50. The molecule has 12 heavy (non-hydrogen) atoms. The molecule has 6 heteroatoms. The van der Waals surface area contributed by atoms with Gasteiger partial charge in [-0.2, -0.15) is 8.78 Å². The summed E-state index contributed by atoms with van der Waals surface area (Å²) < 4.78 is 55.3.